The summed E-state index contributed by atoms with van der Waals surface area (Å²) in [4.78, 5) is 15.5. The largest absolute Gasteiger partial charge is 0.308 e. The number of hydrogen-bond acceptors (Lipinski definition) is 4. The van der Waals surface area contributed by atoms with Crippen LogP contribution in [0.3, 0.4) is 0 Å². The highest BCUT2D eigenvalue weighted by molar-refractivity contribution is 6.12. The van der Waals surface area contributed by atoms with Crippen molar-refractivity contribution in [3.8, 4) is 73.9 Å². The molecular formula is C60H40N6. The molecule has 0 N–H and O–H groups in total. The molecule has 0 aliphatic heterocycles. The minimum Gasteiger partial charge on any atom is -0.308 e. The summed E-state index contributed by atoms with van der Waals surface area (Å²) in [5, 5.41) is 16.0. The Hall–Kier alpha value is -8.92. The minimum atomic E-state index is 0.500. The van der Waals surface area contributed by atoms with Gasteiger partial charge in [0, 0.05) is 38.2 Å². The van der Waals surface area contributed by atoms with Gasteiger partial charge in [-0.2, -0.15) is 5.26 Å². The van der Waals surface area contributed by atoms with E-state index < -0.39 is 0 Å². The van der Waals surface area contributed by atoms with Crippen molar-refractivity contribution in [3.05, 3.63) is 223 Å². The monoisotopic (exact) mass is 844 g/mol. The summed E-state index contributed by atoms with van der Waals surface area (Å²) in [7, 11) is 0. The zero-order valence-electron chi connectivity index (χ0n) is 36.3. The van der Waals surface area contributed by atoms with Crippen LogP contribution >= 0.6 is 0 Å². The SMILES string of the molecule is Cc1ccccc1-c1ccc2c(c1)c1ccccc1n2-c1cc(-c2nc(-c3ccccc3)nc(-c3ccccc3)n2)cc(-n2c3ccccc3c3cc(-c4ccccc4C)ccc32)c1C#N. The van der Waals surface area contributed by atoms with Crippen LogP contribution in [0.2, 0.25) is 0 Å². The molecule has 0 atom stereocenters. The molecule has 9 aromatic carbocycles. The molecule has 3 heterocycles. The smallest absolute Gasteiger partial charge is 0.164 e. The summed E-state index contributed by atoms with van der Waals surface area (Å²) in [6.07, 6.45) is 0. The highest BCUT2D eigenvalue weighted by Crippen LogP contribution is 2.42. The zero-order valence-corrected chi connectivity index (χ0v) is 36.3. The predicted molar refractivity (Wildman–Crippen MR) is 270 cm³/mol. The van der Waals surface area contributed by atoms with Gasteiger partial charge in [0.05, 0.1) is 33.4 Å². The van der Waals surface area contributed by atoms with E-state index in [1.807, 2.05) is 60.7 Å². The van der Waals surface area contributed by atoms with Crippen LogP contribution in [0, 0.1) is 25.2 Å². The standard InChI is InChI=1S/C60H40N6/c1-38-17-9-11-23-45(38)42-29-31-54-49(33-42)47-25-13-15-27-52(47)65(54)56-35-44(60-63-58(40-19-5-3-6-20-40)62-59(64-60)41-21-7-4-8-22-41)36-57(51(56)37-61)66-53-28-16-14-26-48(53)50-34-43(30-32-55(50)66)46-24-12-10-18-39(46)2/h3-36H,1-2H3. The van der Waals surface area contributed by atoms with Crippen molar-refractivity contribution in [1.82, 2.24) is 24.1 Å². The van der Waals surface area contributed by atoms with Crippen LogP contribution in [0.4, 0.5) is 0 Å². The van der Waals surface area contributed by atoms with Crippen LogP contribution < -0.4 is 0 Å². The fourth-order valence-corrected chi connectivity index (χ4v) is 9.74. The van der Waals surface area contributed by atoms with Crippen molar-refractivity contribution in [1.29, 1.82) is 5.26 Å². The van der Waals surface area contributed by atoms with Crippen molar-refractivity contribution in [3.63, 3.8) is 0 Å². The van der Waals surface area contributed by atoms with Crippen molar-refractivity contribution in [2.24, 2.45) is 0 Å². The fourth-order valence-electron chi connectivity index (χ4n) is 9.74. The van der Waals surface area contributed by atoms with Gasteiger partial charge in [-0.25, -0.2) is 15.0 Å². The number of fused-ring (bicyclic) bond motifs is 6. The Bertz CT molecular complexity index is 3670. The molecule has 12 rings (SSSR count). The van der Waals surface area contributed by atoms with Crippen LogP contribution in [-0.2, 0) is 0 Å². The van der Waals surface area contributed by atoms with Gasteiger partial charge in [0.2, 0.25) is 0 Å². The lowest BCUT2D eigenvalue weighted by Gasteiger charge is -2.18. The lowest BCUT2D eigenvalue weighted by molar-refractivity contribution is 1.06. The van der Waals surface area contributed by atoms with Crippen LogP contribution in [0.25, 0.3) is 111 Å². The summed E-state index contributed by atoms with van der Waals surface area (Å²) in [6.45, 7) is 4.31. The Morgan fingerprint density at radius 3 is 1.17 bits per heavy atom. The number of para-hydroxylation sites is 2. The van der Waals surface area contributed by atoms with Gasteiger partial charge in [-0.1, -0.05) is 158 Å². The Labute approximate surface area is 382 Å². The number of aromatic nitrogens is 5. The van der Waals surface area contributed by atoms with E-state index >= 15 is 0 Å². The lowest BCUT2D eigenvalue weighted by atomic mass is 9.99. The summed E-state index contributed by atoms with van der Waals surface area (Å²) in [6, 6.07) is 74.3. The highest BCUT2D eigenvalue weighted by Gasteiger charge is 2.24. The maximum Gasteiger partial charge on any atom is 0.164 e. The molecule has 6 nitrogen and oxygen atoms in total. The molecule has 66 heavy (non-hydrogen) atoms. The second-order valence-corrected chi connectivity index (χ2v) is 16.8. The second kappa shape index (κ2) is 15.7. The van der Waals surface area contributed by atoms with E-state index in [0.717, 1.165) is 82.8 Å². The van der Waals surface area contributed by atoms with E-state index in [2.05, 4.69) is 175 Å². The minimum absolute atomic E-state index is 0.500. The van der Waals surface area contributed by atoms with E-state index in [4.69, 9.17) is 15.0 Å². The van der Waals surface area contributed by atoms with Crippen molar-refractivity contribution < 1.29 is 0 Å². The van der Waals surface area contributed by atoms with E-state index in [9.17, 15) is 5.26 Å². The maximum absolute atomic E-state index is 11.7. The number of nitriles is 1. The first-order chi connectivity index (χ1) is 32.5. The quantitative estimate of drug-likeness (QED) is 0.160. The van der Waals surface area contributed by atoms with E-state index in [1.54, 1.807) is 0 Å². The van der Waals surface area contributed by atoms with Crippen molar-refractivity contribution in [2.45, 2.75) is 13.8 Å². The fraction of sp³-hybridized carbons (Fsp3) is 0.0333. The third-order valence-corrected chi connectivity index (χ3v) is 12.9. The van der Waals surface area contributed by atoms with E-state index in [1.165, 1.54) is 22.3 Å². The van der Waals surface area contributed by atoms with Gasteiger partial charge in [0.15, 0.2) is 17.5 Å². The normalized spacial score (nSPS) is 11.5. The number of nitrogens with zero attached hydrogens (tertiary/aromatic N) is 6. The molecule has 6 heteroatoms. The van der Waals surface area contributed by atoms with Crippen LogP contribution in [-0.4, -0.2) is 24.1 Å². The Morgan fingerprint density at radius 1 is 0.348 bits per heavy atom. The second-order valence-electron chi connectivity index (χ2n) is 16.8. The van der Waals surface area contributed by atoms with Crippen molar-refractivity contribution >= 4 is 43.6 Å². The number of aryl methyl sites for hydroxylation is 2. The number of hydrogen-bond donors (Lipinski definition) is 0. The first-order valence-corrected chi connectivity index (χ1v) is 22.2. The summed E-state index contributed by atoms with van der Waals surface area (Å²) >= 11 is 0. The van der Waals surface area contributed by atoms with Crippen LogP contribution in [0.1, 0.15) is 16.7 Å². The molecule has 0 unspecified atom stereocenters. The molecule has 0 fully saturated rings. The zero-order chi connectivity index (χ0) is 44.3. The van der Waals surface area contributed by atoms with E-state index in [-0.39, 0.29) is 0 Å². The maximum atomic E-state index is 11.7. The van der Waals surface area contributed by atoms with Gasteiger partial charge in [-0.15, -0.1) is 0 Å². The number of benzene rings is 9. The van der Waals surface area contributed by atoms with Gasteiger partial charge in [0.25, 0.3) is 0 Å². The van der Waals surface area contributed by atoms with Crippen molar-refractivity contribution in [2.75, 3.05) is 0 Å². The molecule has 0 aliphatic carbocycles. The van der Waals surface area contributed by atoms with Crippen LogP contribution in [0.15, 0.2) is 206 Å². The summed E-state index contributed by atoms with van der Waals surface area (Å²) in [5.74, 6) is 1.63. The molecule has 0 amide bonds. The topological polar surface area (TPSA) is 72.3 Å². The van der Waals surface area contributed by atoms with Gasteiger partial charge in [0.1, 0.15) is 11.6 Å². The molecule has 0 spiro atoms. The third-order valence-electron chi connectivity index (χ3n) is 12.9. The average Bonchev–Trinajstić information content (AvgIpc) is 3.88. The predicted octanol–water partition coefficient (Wildman–Crippen LogP) is 14.9. The van der Waals surface area contributed by atoms with Crippen LogP contribution in [0.5, 0.6) is 0 Å². The Morgan fingerprint density at radius 2 is 0.727 bits per heavy atom. The van der Waals surface area contributed by atoms with Gasteiger partial charge in [-0.3, -0.25) is 0 Å². The Kier molecular flexibility index (Phi) is 9.22. The molecular weight excluding hydrogens is 805 g/mol. The molecule has 12 aromatic rings. The first kappa shape index (κ1) is 38.7. The third kappa shape index (κ3) is 6.37. The molecule has 0 saturated carbocycles. The number of rotatable bonds is 7. The average molecular weight is 845 g/mol. The molecule has 0 saturated heterocycles. The lowest BCUT2D eigenvalue weighted by Crippen LogP contribution is -2.07. The van der Waals surface area contributed by atoms with E-state index in [0.29, 0.717) is 23.0 Å². The van der Waals surface area contributed by atoms with Gasteiger partial charge in [-0.05, 0) is 95.8 Å². The molecule has 0 aliphatic rings. The first-order valence-electron chi connectivity index (χ1n) is 22.2. The molecule has 0 bridgehead atoms. The molecule has 0 radical (unpaired) electrons. The van der Waals surface area contributed by atoms with Gasteiger partial charge >= 0.3 is 0 Å². The Balaban J connectivity index is 1.19. The summed E-state index contributed by atoms with van der Waals surface area (Å²) in [5.41, 5.74) is 15.5. The molecule has 3 aromatic heterocycles. The van der Waals surface area contributed by atoms with Gasteiger partial charge < -0.3 is 9.13 Å². The molecule has 310 valence electrons. The summed E-state index contributed by atoms with van der Waals surface area (Å²) < 4.78 is 4.50. The highest BCUT2D eigenvalue weighted by atomic mass is 15.1.